The van der Waals surface area contributed by atoms with E-state index >= 15 is 0 Å². The molecule has 29 heavy (non-hydrogen) atoms. The number of hydrogen-bond donors (Lipinski definition) is 2. The second-order valence-electron chi connectivity index (χ2n) is 6.34. The predicted octanol–water partition coefficient (Wildman–Crippen LogP) is 3.01. The lowest BCUT2D eigenvalue weighted by atomic mass is 10.0. The van der Waals surface area contributed by atoms with Gasteiger partial charge in [-0.15, -0.1) is 0 Å². The third kappa shape index (κ3) is 7.65. The summed E-state index contributed by atoms with van der Waals surface area (Å²) in [5.74, 6) is -0.0364. The Bertz CT molecular complexity index is 833. The fourth-order valence-electron chi connectivity index (χ4n) is 2.63. The number of hydrogen-bond acceptors (Lipinski definition) is 5. The largest absolute Gasteiger partial charge is 0.513 e. The van der Waals surface area contributed by atoms with Crippen molar-refractivity contribution >= 4 is 18.0 Å². The summed E-state index contributed by atoms with van der Waals surface area (Å²) in [7, 11) is 0. The molecule has 154 valence electrons. The van der Waals surface area contributed by atoms with Crippen LogP contribution in [-0.4, -0.2) is 37.7 Å². The summed E-state index contributed by atoms with van der Waals surface area (Å²) in [4.78, 5) is 35.3. The van der Waals surface area contributed by atoms with Gasteiger partial charge >= 0.3 is 6.16 Å². The Morgan fingerprint density at radius 1 is 0.931 bits per heavy atom. The maximum atomic E-state index is 12.1. The van der Waals surface area contributed by atoms with Crippen molar-refractivity contribution in [2.75, 3.05) is 19.7 Å². The van der Waals surface area contributed by atoms with Gasteiger partial charge in [0.2, 0.25) is 5.91 Å². The molecule has 0 aromatic heterocycles. The van der Waals surface area contributed by atoms with E-state index in [0.29, 0.717) is 37.2 Å². The molecule has 7 heteroatoms. The first kappa shape index (κ1) is 21.9. The average Bonchev–Trinajstić information content (AvgIpc) is 2.71. The highest BCUT2D eigenvalue weighted by Crippen LogP contribution is 2.13. The van der Waals surface area contributed by atoms with E-state index < -0.39 is 6.16 Å². The van der Waals surface area contributed by atoms with Gasteiger partial charge in [-0.1, -0.05) is 24.3 Å². The lowest BCUT2D eigenvalue weighted by molar-refractivity contribution is -0.121. The van der Waals surface area contributed by atoms with Crippen molar-refractivity contribution in [1.29, 1.82) is 0 Å². The molecule has 0 aliphatic heterocycles. The van der Waals surface area contributed by atoms with Crippen LogP contribution in [0.5, 0.6) is 5.75 Å². The van der Waals surface area contributed by atoms with Gasteiger partial charge in [-0.25, -0.2) is 4.79 Å². The molecule has 2 aromatic rings. The number of amides is 2. The second kappa shape index (κ2) is 11.5. The molecule has 2 N–H and O–H groups in total. The van der Waals surface area contributed by atoms with Crippen LogP contribution in [0.1, 0.15) is 34.8 Å². The molecule has 0 aliphatic rings. The highest BCUT2D eigenvalue weighted by Gasteiger charge is 2.09. The summed E-state index contributed by atoms with van der Waals surface area (Å²) < 4.78 is 9.62. The van der Waals surface area contributed by atoms with E-state index in [1.54, 1.807) is 19.1 Å². The smallest absolute Gasteiger partial charge is 0.434 e. The molecule has 2 rings (SSSR count). The van der Waals surface area contributed by atoms with Crippen molar-refractivity contribution in [3.8, 4) is 5.75 Å². The minimum absolute atomic E-state index is 0.0528. The molecule has 0 saturated carbocycles. The van der Waals surface area contributed by atoms with Gasteiger partial charge in [0.15, 0.2) is 0 Å². The number of ether oxygens (including phenoxy) is 2. The number of carbonyl (C=O) groups excluding carboxylic acids is 3. The molecule has 0 fully saturated rings. The van der Waals surface area contributed by atoms with Gasteiger partial charge in [0.05, 0.1) is 6.61 Å². The molecule has 0 unspecified atom stereocenters. The fraction of sp³-hybridized carbons (Fsp3) is 0.318. The second-order valence-corrected chi connectivity index (χ2v) is 6.34. The number of carbonyl (C=O) groups is 3. The van der Waals surface area contributed by atoms with E-state index in [-0.39, 0.29) is 18.4 Å². The van der Waals surface area contributed by atoms with Crippen LogP contribution in [0.4, 0.5) is 4.79 Å². The Kier molecular flexibility index (Phi) is 8.69. The SMILES string of the molecule is CCOC(=O)Oc1ccc(C(=O)NCCNC(=O)CCc2ccccc2C)cc1. The van der Waals surface area contributed by atoms with E-state index in [2.05, 4.69) is 15.4 Å². The van der Waals surface area contributed by atoms with Crippen LogP contribution < -0.4 is 15.4 Å². The van der Waals surface area contributed by atoms with Gasteiger partial charge in [-0.2, -0.15) is 0 Å². The molecule has 0 saturated heterocycles. The molecular weight excluding hydrogens is 372 g/mol. The molecule has 2 aromatic carbocycles. The Morgan fingerprint density at radius 2 is 1.62 bits per heavy atom. The summed E-state index contributed by atoms with van der Waals surface area (Å²) in [6.07, 6.45) is 0.300. The number of nitrogens with one attached hydrogen (secondary N) is 2. The fourth-order valence-corrected chi connectivity index (χ4v) is 2.63. The van der Waals surface area contributed by atoms with Crippen molar-refractivity contribution in [1.82, 2.24) is 10.6 Å². The van der Waals surface area contributed by atoms with Gasteiger partial charge < -0.3 is 20.1 Å². The minimum atomic E-state index is -0.789. The first-order valence-electron chi connectivity index (χ1n) is 9.53. The Balaban J connectivity index is 1.66. The van der Waals surface area contributed by atoms with Gasteiger partial charge in [0.1, 0.15) is 5.75 Å². The first-order valence-corrected chi connectivity index (χ1v) is 9.53. The van der Waals surface area contributed by atoms with Gasteiger partial charge in [0, 0.05) is 25.1 Å². The molecule has 7 nitrogen and oxygen atoms in total. The predicted molar refractivity (Wildman–Crippen MR) is 109 cm³/mol. The molecule has 0 atom stereocenters. The zero-order valence-electron chi connectivity index (χ0n) is 16.7. The van der Waals surface area contributed by atoms with Crippen LogP contribution in [0.3, 0.4) is 0 Å². The van der Waals surface area contributed by atoms with Crippen LogP contribution in [-0.2, 0) is 16.0 Å². The topological polar surface area (TPSA) is 93.7 Å². The molecule has 0 heterocycles. The summed E-state index contributed by atoms with van der Waals surface area (Å²) in [6.45, 7) is 4.60. The van der Waals surface area contributed by atoms with Crippen molar-refractivity contribution in [2.24, 2.45) is 0 Å². The van der Waals surface area contributed by atoms with Crippen LogP contribution in [0.15, 0.2) is 48.5 Å². The molecule has 0 bridgehead atoms. The molecule has 0 spiro atoms. The Hall–Kier alpha value is -3.35. The first-order chi connectivity index (χ1) is 14.0. The number of benzene rings is 2. The summed E-state index contributed by atoms with van der Waals surface area (Å²) in [5, 5.41) is 5.53. The molecule has 2 amide bonds. The van der Waals surface area contributed by atoms with Crippen LogP contribution in [0.25, 0.3) is 0 Å². The third-order valence-corrected chi connectivity index (χ3v) is 4.20. The lowest BCUT2D eigenvalue weighted by Crippen LogP contribution is -2.34. The molecular formula is C22H26N2O5. The Morgan fingerprint density at radius 3 is 2.31 bits per heavy atom. The lowest BCUT2D eigenvalue weighted by Gasteiger charge is -2.09. The quantitative estimate of drug-likeness (QED) is 0.385. The maximum absolute atomic E-state index is 12.1. The van der Waals surface area contributed by atoms with Gasteiger partial charge in [0.25, 0.3) is 5.91 Å². The van der Waals surface area contributed by atoms with Crippen LogP contribution >= 0.6 is 0 Å². The molecule has 0 radical (unpaired) electrons. The zero-order valence-corrected chi connectivity index (χ0v) is 16.7. The third-order valence-electron chi connectivity index (χ3n) is 4.20. The Labute approximate surface area is 170 Å². The minimum Gasteiger partial charge on any atom is -0.434 e. The van der Waals surface area contributed by atoms with Crippen molar-refractivity contribution in [2.45, 2.75) is 26.7 Å². The van der Waals surface area contributed by atoms with Crippen LogP contribution in [0.2, 0.25) is 0 Å². The van der Waals surface area contributed by atoms with E-state index in [4.69, 9.17) is 4.74 Å². The molecule has 0 aliphatic carbocycles. The average molecular weight is 398 g/mol. The van der Waals surface area contributed by atoms with E-state index in [1.807, 2.05) is 31.2 Å². The number of rotatable bonds is 9. The highest BCUT2D eigenvalue weighted by atomic mass is 16.7. The summed E-state index contributed by atoms with van der Waals surface area (Å²) in [5.41, 5.74) is 2.75. The monoisotopic (exact) mass is 398 g/mol. The zero-order chi connectivity index (χ0) is 21.1. The van der Waals surface area contributed by atoms with Gasteiger partial charge in [-0.05, 0) is 55.7 Å². The summed E-state index contributed by atoms with van der Waals surface area (Å²) in [6, 6.07) is 14.1. The van der Waals surface area contributed by atoms with Crippen molar-refractivity contribution in [3.63, 3.8) is 0 Å². The van der Waals surface area contributed by atoms with E-state index in [0.717, 1.165) is 5.56 Å². The van der Waals surface area contributed by atoms with E-state index in [9.17, 15) is 14.4 Å². The number of aryl methyl sites for hydroxylation is 2. The van der Waals surface area contributed by atoms with Crippen LogP contribution in [0, 0.1) is 6.92 Å². The van der Waals surface area contributed by atoms with Gasteiger partial charge in [-0.3, -0.25) is 9.59 Å². The summed E-state index contributed by atoms with van der Waals surface area (Å²) >= 11 is 0. The van der Waals surface area contributed by atoms with E-state index in [1.165, 1.54) is 17.7 Å². The van der Waals surface area contributed by atoms with Crippen molar-refractivity contribution in [3.05, 3.63) is 65.2 Å². The maximum Gasteiger partial charge on any atom is 0.513 e. The normalized spacial score (nSPS) is 10.1. The highest BCUT2D eigenvalue weighted by molar-refractivity contribution is 5.94. The van der Waals surface area contributed by atoms with Crippen molar-refractivity contribution < 1.29 is 23.9 Å². The standard InChI is InChI=1S/C22H26N2O5/c1-3-28-22(27)29-19-11-8-18(9-12-19)21(26)24-15-14-23-20(25)13-10-17-7-5-4-6-16(17)2/h4-9,11-12H,3,10,13-15H2,1-2H3,(H,23,25)(H,24,26).